The number of aryl methyl sites for hydroxylation is 1. The van der Waals surface area contributed by atoms with Crippen molar-refractivity contribution in [3.63, 3.8) is 0 Å². The Bertz CT molecular complexity index is 1010. The SMILES string of the molecule is Cc1cccc(-n2c(SCc3ccc(Cl)cc3)nnc2-c2ccco2)c1. The summed E-state index contributed by atoms with van der Waals surface area (Å²) >= 11 is 7.60. The standard InChI is InChI=1S/C20H16ClN3OS/c1-14-4-2-5-17(12-14)24-19(18-6-3-11-25-18)22-23-20(24)26-13-15-7-9-16(21)10-8-15/h2-12H,13H2,1H3. The number of benzene rings is 2. The molecule has 0 aliphatic carbocycles. The van der Waals surface area contributed by atoms with Crippen molar-refractivity contribution < 1.29 is 4.42 Å². The smallest absolute Gasteiger partial charge is 0.205 e. The zero-order valence-corrected chi connectivity index (χ0v) is 15.7. The van der Waals surface area contributed by atoms with Gasteiger partial charge in [-0.3, -0.25) is 4.57 Å². The third-order valence-electron chi connectivity index (χ3n) is 3.92. The van der Waals surface area contributed by atoms with Crippen LogP contribution < -0.4 is 0 Å². The molecule has 2 aromatic carbocycles. The molecular weight excluding hydrogens is 366 g/mol. The summed E-state index contributed by atoms with van der Waals surface area (Å²) in [7, 11) is 0. The van der Waals surface area contributed by atoms with E-state index in [2.05, 4.69) is 35.3 Å². The summed E-state index contributed by atoms with van der Waals surface area (Å²) < 4.78 is 7.59. The zero-order valence-electron chi connectivity index (χ0n) is 14.1. The molecule has 4 aromatic rings. The Labute approximate surface area is 160 Å². The van der Waals surface area contributed by atoms with Crippen LogP contribution in [0.2, 0.25) is 5.02 Å². The molecule has 4 rings (SSSR count). The van der Waals surface area contributed by atoms with Gasteiger partial charge < -0.3 is 4.42 Å². The van der Waals surface area contributed by atoms with Gasteiger partial charge in [0.25, 0.3) is 0 Å². The summed E-state index contributed by atoms with van der Waals surface area (Å²) in [5.41, 5.74) is 3.37. The zero-order chi connectivity index (χ0) is 17.9. The molecule has 26 heavy (non-hydrogen) atoms. The van der Waals surface area contributed by atoms with Crippen LogP contribution in [0.25, 0.3) is 17.3 Å². The molecule has 0 aliphatic heterocycles. The molecule has 0 saturated heterocycles. The van der Waals surface area contributed by atoms with E-state index in [0.717, 1.165) is 21.6 Å². The lowest BCUT2D eigenvalue weighted by molar-refractivity contribution is 0.575. The maximum absolute atomic E-state index is 5.97. The predicted octanol–water partition coefficient (Wildman–Crippen LogP) is 5.78. The van der Waals surface area contributed by atoms with E-state index in [1.165, 1.54) is 11.1 Å². The first-order valence-electron chi connectivity index (χ1n) is 8.14. The number of halogens is 1. The monoisotopic (exact) mass is 381 g/mol. The largest absolute Gasteiger partial charge is 0.461 e. The van der Waals surface area contributed by atoms with Gasteiger partial charge in [-0.15, -0.1) is 10.2 Å². The summed E-state index contributed by atoms with van der Waals surface area (Å²) in [6.45, 7) is 2.07. The van der Waals surface area contributed by atoms with Gasteiger partial charge in [0.05, 0.1) is 12.0 Å². The summed E-state index contributed by atoms with van der Waals surface area (Å²) in [6, 6.07) is 19.9. The minimum absolute atomic E-state index is 0.692. The molecule has 0 N–H and O–H groups in total. The fraction of sp³-hybridized carbons (Fsp3) is 0.100. The second-order valence-electron chi connectivity index (χ2n) is 5.87. The van der Waals surface area contributed by atoms with Gasteiger partial charge in [-0.2, -0.15) is 0 Å². The fourth-order valence-corrected chi connectivity index (χ4v) is 3.69. The van der Waals surface area contributed by atoms with Crippen molar-refractivity contribution in [2.24, 2.45) is 0 Å². The molecule has 0 unspecified atom stereocenters. The van der Waals surface area contributed by atoms with Crippen LogP contribution in [0.4, 0.5) is 0 Å². The molecule has 2 aromatic heterocycles. The van der Waals surface area contributed by atoms with Gasteiger partial charge in [-0.1, -0.05) is 47.6 Å². The fourth-order valence-electron chi connectivity index (χ4n) is 2.66. The van der Waals surface area contributed by atoms with Gasteiger partial charge in [0.2, 0.25) is 5.82 Å². The number of hydrogen-bond donors (Lipinski definition) is 0. The summed E-state index contributed by atoms with van der Waals surface area (Å²) in [5, 5.41) is 10.3. The lowest BCUT2D eigenvalue weighted by atomic mass is 10.2. The van der Waals surface area contributed by atoms with Gasteiger partial charge in [0, 0.05) is 10.8 Å². The number of furan rings is 1. The van der Waals surface area contributed by atoms with Crippen molar-refractivity contribution in [2.75, 3.05) is 0 Å². The Kier molecular flexibility index (Phi) is 4.82. The Hall–Kier alpha value is -2.50. The van der Waals surface area contributed by atoms with E-state index in [0.29, 0.717) is 11.6 Å². The third-order valence-corrected chi connectivity index (χ3v) is 5.17. The van der Waals surface area contributed by atoms with Gasteiger partial charge in [-0.25, -0.2) is 0 Å². The molecule has 0 saturated carbocycles. The van der Waals surface area contributed by atoms with Crippen molar-refractivity contribution in [2.45, 2.75) is 17.8 Å². The minimum atomic E-state index is 0.692. The molecule has 0 spiro atoms. The van der Waals surface area contributed by atoms with Crippen LogP contribution in [0.15, 0.2) is 76.5 Å². The van der Waals surface area contributed by atoms with Crippen molar-refractivity contribution in [1.29, 1.82) is 0 Å². The molecule has 0 fully saturated rings. The van der Waals surface area contributed by atoms with Crippen LogP contribution in [0, 0.1) is 6.92 Å². The van der Waals surface area contributed by atoms with Crippen LogP contribution in [-0.4, -0.2) is 14.8 Å². The normalized spacial score (nSPS) is 11.0. The minimum Gasteiger partial charge on any atom is -0.461 e. The van der Waals surface area contributed by atoms with E-state index in [1.54, 1.807) is 18.0 Å². The number of rotatable bonds is 5. The molecule has 2 heterocycles. The van der Waals surface area contributed by atoms with Crippen LogP contribution in [-0.2, 0) is 5.75 Å². The number of nitrogens with zero attached hydrogens (tertiary/aromatic N) is 3. The van der Waals surface area contributed by atoms with Crippen molar-refractivity contribution in [3.8, 4) is 17.3 Å². The average Bonchev–Trinajstić information content (AvgIpc) is 3.30. The Morgan fingerprint density at radius 1 is 1.04 bits per heavy atom. The maximum Gasteiger partial charge on any atom is 0.205 e. The molecule has 0 bridgehead atoms. The highest BCUT2D eigenvalue weighted by Gasteiger charge is 2.18. The highest BCUT2D eigenvalue weighted by Crippen LogP contribution is 2.30. The van der Waals surface area contributed by atoms with Crippen LogP contribution >= 0.6 is 23.4 Å². The molecule has 0 aliphatic rings. The second kappa shape index (κ2) is 7.40. The number of hydrogen-bond acceptors (Lipinski definition) is 4. The summed E-state index contributed by atoms with van der Waals surface area (Å²) in [6.07, 6.45) is 1.64. The van der Waals surface area contributed by atoms with E-state index in [-0.39, 0.29) is 0 Å². The predicted molar refractivity (Wildman–Crippen MR) is 105 cm³/mol. The van der Waals surface area contributed by atoms with Crippen LogP contribution in [0.5, 0.6) is 0 Å². The average molecular weight is 382 g/mol. The lowest BCUT2D eigenvalue weighted by Crippen LogP contribution is -1.99. The van der Waals surface area contributed by atoms with E-state index < -0.39 is 0 Å². The van der Waals surface area contributed by atoms with Crippen molar-refractivity contribution in [1.82, 2.24) is 14.8 Å². The number of thioether (sulfide) groups is 1. The molecule has 4 nitrogen and oxygen atoms in total. The third kappa shape index (κ3) is 3.54. The molecule has 0 amide bonds. The molecular formula is C20H16ClN3OS. The molecule has 130 valence electrons. The van der Waals surface area contributed by atoms with E-state index in [1.807, 2.05) is 47.0 Å². The molecule has 6 heteroatoms. The van der Waals surface area contributed by atoms with Gasteiger partial charge in [0.15, 0.2) is 10.9 Å². The van der Waals surface area contributed by atoms with Gasteiger partial charge in [-0.05, 0) is 54.4 Å². The highest BCUT2D eigenvalue weighted by atomic mass is 35.5. The molecule has 0 radical (unpaired) electrons. The maximum atomic E-state index is 5.97. The van der Waals surface area contributed by atoms with Gasteiger partial charge in [0.1, 0.15) is 0 Å². The Balaban J connectivity index is 1.71. The summed E-state index contributed by atoms with van der Waals surface area (Å²) in [4.78, 5) is 0. The van der Waals surface area contributed by atoms with E-state index in [9.17, 15) is 0 Å². The van der Waals surface area contributed by atoms with Crippen LogP contribution in [0.3, 0.4) is 0 Å². The topological polar surface area (TPSA) is 43.9 Å². The van der Waals surface area contributed by atoms with E-state index in [4.69, 9.17) is 16.0 Å². The summed E-state index contributed by atoms with van der Waals surface area (Å²) in [5.74, 6) is 2.16. The molecule has 0 atom stereocenters. The second-order valence-corrected chi connectivity index (χ2v) is 7.25. The quantitative estimate of drug-likeness (QED) is 0.411. The van der Waals surface area contributed by atoms with E-state index >= 15 is 0 Å². The van der Waals surface area contributed by atoms with Crippen molar-refractivity contribution >= 4 is 23.4 Å². The van der Waals surface area contributed by atoms with Crippen LogP contribution in [0.1, 0.15) is 11.1 Å². The number of aromatic nitrogens is 3. The lowest BCUT2D eigenvalue weighted by Gasteiger charge is -2.10. The first-order chi connectivity index (χ1) is 12.7. The Morgan fingerprint density at radius 2 is 1.88 bits per heavy atom. The van der Waals surface area contributed by atoms with Crippen molar-refractivity contribution in [3.05, 3.63) is 83.1 Å². The Morgan fingerprint density at radius 3 is 2.62 bits per heavy atom. The van der Waals surface area contributed by atoms with Gasteiger partial charge >= 0.3 is 0 Å². The highest BCUT2D eigenvalue weighted by molar-refractivity contribution is 7.98. The first-order valence-corrected chi connectivity index (χ1v) is 9.50. The first kappa shape index (κ1) is 16.9.